The highest BCUT2D eigenvalue weighted by atomic mass is 19.1. The van der Waals surface area contributed by atoms with E-state index in [2.05, 4.69) is 5.32 Å². The Morgan fingerprint density at radius 2 is 1.84 bits per heavy atom. The van der Waals surface area contributed by atoms with Crippen LogP contribution in [0, 0.1) is 17.6 Å². The molecule has 1 N–H and O–H groups in total. The molecule has 174 valence electrons. The van der Waals surface area contributed by atoms with E-state index >= 15 is 0 Å². The Morgan fingerprint density at radius 1 is 1.09 bits per heavy atom. The summed E-state index contributed by atoms with van der Waals surface area (Å²) < 4.78 is 33.4. The fourth-order valence-corrected chi connectivity index (χ4v) is 5.17. The standard InChI is InChI=1S/C25H32F2N2O3/c26-20-7-8-22(27)19(16-20)6-9-23(30)29-14-12-25(13-15-29)11-10-21(32-25)17-28-24(31)18-4-2-1-3-5-18/h6-9,16,18,21H,1-5,10-15,17H2,(H,28,31)/b9-6+/t21-/m0/s1. The summed E-state index contributed by atoms with van der Waals surface area (Å²) in [6.45, 7) is 1.69. The van der Waals surface area contributed by atoms with Crippen molar-refractivity contribution in [1.29, 1.82) is 0 Å². The van der Waals surface area contributed by atoms with Crippen molar-refractivity contribution in [1.82, 2.24) is 10.2 Å². The number of amides is 2. The summed E-state index contributed by atoms with van der Waals surface area (Å²) in [5.41, 5.74) is -0.167. The lowest BCUT2D eigenvalue weighted by Crippen LogP contribution is -2.47. The van der Waals surface area contributed by atoms with Crippen LogP contribution in [-0.2, 0) is 14.3 Å². The predicted molar refractivity (Wildman–Crippen MR) is 118 cm³/mol. The van der Waals surface area contributed by atoms with Crippen LogP contribution in [0.5, 0.6) is 0 Å². The summed E-state index contributed by atoms with van der Waals surface area (Å²) in [6.07, 6.45) is 11.5. The Morgan fingerprint density at radius 3 is 2.59 bits per heavy atom. The number of piperidine rings is 1. The van der Waals surface area contributed by atoms with Gasteiger partial charge in [0, 0.05) is 37.2 Å². The van der Waals surface area contributed by atoms with Crippen molar-refractivity contribution < 1.29 is 23.1 Å². The van der Waals surface area contributed by atoms with Gasteiger partial charge in [-0.2, -0.15) is 0 Å². The minimum atomic E-state index is -0.561. The first kappa shape index (κ1) is 22.9. The van der Waals surface area contributed by atoms with E-state index in [1.54, 1.807) is 4.90 Å². The number of rotatable bonds is 5. The van der Waals surface area contributed by atoms with Crippen LogP contribution in [-0.4, -0.2) is 48.1 Å². The van der Waals surface area contributed by atoms with Crippen molar-refractivity contribution in [2.75, 3.05) is 19.6 Å². The zero-order valence-corrected chi connectivity index (χ0v) is 18.5. The van der Waals surface area contributed by atoms with Crippen LogP contribution in [0.4, 0.5) is 8.78 Å². The van der Waals surface area contributed by atoms with Crippen LogP contribution < -0.4 is 5.32 Å². The molecule has 5 nitrogen and oxygen atoms in total. The SMILES string of the molecule is O=C(NC[C@@H]1CCC2(CCN(C(=O)/C=C/c3cc(F)ccc3F)CC2)O1)C1CCCCC1. The maximum Gasteiger partial charge on any atom is 0.246 e. The number of likely N-dealkylation sites (tertiary alicyclic amines) is 1. The quantitative estimate of drug-likeness (QED) is 0.690. The highest BCUT2D eigenvalue weighted by Gasteiger charge is 2.43. The molecule has 1 atom stereocenters. The van der Waals surface area contributed by atoms with Gasteiger partial charge < -0.3 is 15.0 Å². The van der Waals surface area contributed by atoms with Crippen molar-refractivity contribution in [3.05, 3.63) is 41.5 Å². The molecule has 1 aromatic rings. The maximum absolute atomic E-state index is 13.7. The minimum Gasteiger partial charge on any atom is -0.370 e. The number of hydrogen-bond acceptors (Lipinski definition) is 3. The summed E-state index contributed by atoms with van der Waals surface area (Å²) in [5, 5.41) is 3.09. The highest BCUT2D eigenvalue weighted by molar-refractivity contribution is 5.91. The zero-order chi connectivity index (χ0) is 22.6. The number of nitrogens with one attached hydrogen (secondary N) is 1. The summed E-state index contributed by atoms with van der Waals surface area (Å²) in [5.74, 6) is -0.994. The lowest BCUT2D eigenvalue weighted by Gasteiger charge is -2.39. The second kappa shape index (κ2) is 10.1. The molecule has 2 aliphatic heterocycles. The number of benzene rings is 1. The van der Waals surface area contributed by atoms with Gasteiger partial charge in [0.2, 0.25) is 11.8 Å². The molecule has 0 unspecified atom stereocenters. The van der Waals surface area contributed by atoms with E-state index in [0.29, 0.717) is 19.6 Å². The Bertz CT molecular complexity index is 859. The number of carbonyl (C=O) groups is 2. The molecule has 1 aromatic carbocycles. The first-order valence-electron chi connectivity index (χ1n) is 11.8. The van der Waals surface area contributed by atoms with Crippen molar-refractivity contribution >= 4 is 17.9 Å². The van der Waals surface area contributed by atoms with E-state index in [-0.39, 0.29) is 35.0 Å². The number of halogens is 2. The Labute approximate surface area is 188 Å². The van der Waals surface area contributed by atoms with E-state index in [9.17, 15) is 18.4 Å². The van der Waals surface area contributed by atoms with Crippen LogP contribution in [0.25, 0.3) is 6.08 Å². The normalized spacial score (nSPS) is 23.7. The molecular weight excluding hydrogens is 414 g/mol. The van der Waals surface area contributed by atoms with Gasteiger partial charge in [-0.25, -0.2) is 8.78 Å². The molecular formula is C25H32F2N2O3. The second-order valence-corrected chi connectivity index (χ2v) is 9.37. The molecule has 32 heavy (non-hydrogen) atoms. The third kappa shape index (κ3) is 5.55. The molecule has 1 aliphatic carbocycles. The molecule has 0 aromatic heterocycles. The molecule has 7 heteroatoms. The van der Waals surface area contributed by atoms with Gasteiger partial charge in [-0.3, -0.25) is 9.59 Å². The van der Waals surface area contributed by atoms with Crippen LogP contribution in [0.15, 0.2) is 24.3 Å². The first-order chi connectivity index (χ1) is 15.4. The highest BCUT2D eigenvalue weighted by Crippen LogP contribution is 2.39. The Balaban J connectivity index is 1.22. The number of hydrogen-bond donors (Lipinski definition) is 1. The molecule has 1 spiro atoms. The summed E-state index contributed by atoms with van der Waals surface area (Å²) in [7, 11) is 0. The predicted octanol–water partition coefficient (Wildman–Crippen LogP) is 4.21. The molecule has 2 heterocycles. The molecule has 0 radical (unpaired) electrons. The van der Waals surface area contributed by atoms with Gasteiger partial charge in [0.15, 0.2) is 0 Å². The summed E-state index contributed by atoms with van der Waals surface area (Å²) in [4.78, 5) is 26.6. The number of nitrogens with zero attached hydrogens (tertiary/aromatic N) is 1. The van der Waals surface area contributed by atoms with Gasteiger partial charge in [-0.1, -0.05) is 19.3 Å². The van der Waals surface area contributed by atoms with Crippen LogP contribution in [0.2, 0.25) is 0 Å². The largest absolute Gasteiger partial charge is 0.370 e. The monoisotopic (exact) mass is 446 g/mol. The molecule has 2 saturated heterocycles. The molecule has 0 bridgehead atoms. The maximum atomic E-state index is 13.7. The Hall–Kier alpha value is -2.28. The first-order valence-corrected chi connectivity index (χ1v) is 11.8. The van der Waals surface area contributed by atoms with Crippen LogP contribution >= 0.6 is 0 Å². The number of ether oxygens (including phenoxy) is 1. The topological polar surface area (TPSA) is 58.6 Å². The van der Waals surface area contributed by atoms with Gasteiger partial charge >= 0.3 is 0 Å². The smallest absolute Gasteiger partial charge is 0.246 e. The third-order valence-corrected chi connectivity index (χ3v) is 7.17. The van der Waals surface area contributed by atoms with Crippen molar-refractivity contribution in [2.24, 2.45) is 5.92 Å². The molecule has 2 amide bonds. The van der Waals surface area contributed by atoms with Gasteiger partial charge in [0.1, 0.15) is 11.6 Å². The summed E-state index contributed by atoms with van der Waals surface area (Å²) in [6, 6.07) is 3.17. The van der Waals surface area contributed by atoms with Gasteiger partial charge in [0.05, 0.1) is 11.7 Å². The second-order valence-electron chi connectivity index (χ2n) is 9.37. The molecule has 3 aliphatic rings. The van der Waals surface area contributed by atoms with E-state index < -0.39 is 11.6 Å². The van der Waals surface area contributed by atoms with Crippen LogP contribution in [0.1, 0.15) is 63.4 Å². The summed E-state index contributed by atoms with van der Waals surface area (Å²) >= 11 is 0. The fraction of sp³-hybridized carbons (Fsp3) is 0.600. The van der Waals surface area contributed by atoms with E-state index in [1.165, 1.54) is 18.6 Å². The fourth-order valence-electron chi connectivity index (χ4n) is 5.17. The van der Waals surface area contributed by atoms with Gasteiger partial charge in [0.25, 0.3) is 0 Å². The van der Waals surface area contributed by atoms with Gasteiger partial charge in [-0.15, -0.1) is 0 Å². The lowest BCUT2D eigenvalue weighted by atomic mass is 9.88. The number of carbonyl (C=O) groups excluding carboxylic acids is 2. The van der Waals surface area contributed by atoms with Crippen molar-refractivity contribution in [2.45, 2.75) is 69.5 Å². The molecule has 4 rings (SSSR count). The molecule has 3 fully saturated rings. The Kier molecular flexibility index (Phi) is 7.23. The average molecular weight is 447 g/mol. The van der Waals surface area contributed by atoms with E-state index in [0.717, 1.165) is 69.6 Å². The van der Waals surface area contributed by atoms with E-state index in [1.807, 2.05) is 0 Å². The molecule has 1 saturated carbocycles. The van der Waals surface area contributed by atoms with Crippen molar-refractivity contribution in [3.8, 4) is 0 Å². The van der Waals surface area contributed by atoms with Crippen LogP contribution in [0.3, 0.4) is 0 Å². The van der Waals surface area contributed by atoms with E-state index in [4.69, 9.17) is 4.74 Å². The van der Waals surface area contributed by atoms with Gasteiger partial charge in [-0.05, 0) is 62.8 Å². The average Bonchev–Trinajstić information content (AvgIpc) is 3.21. The lowest BCUT2D eigenvalue weighted by molar-refractivity contribution is -0.134. The third-order valence-electron chi connectivity index (χ3n) is 7.17. The zero-order valence-electron chi connectivity index (χ0n) is 18.5. The van der Waals surface area contributed by atoms with Crippen molar-refractivity contribution in [3.63, 3.8) is 0 Å². The minimum absolute atomic E-state index is 0.0284.